The van der Waals surface area contributed by atoms with Gasteiger partial charge in [-0.1, -0.05) is 13.0 Å². The average molecular weight is 354 g/mol. The zero-order chi connectivity index (χ0) is 18.5. The molecule has 3 aliphatic rings. The van der Waals surface area contributed by atoms with Crippen molar-refractivity contribution in [3.05, 3.63) is 41.2 Å². The molecule has 4 nitrogen and oxygen atoms in total. The smallest absolute Gasteiger partial charge is 0.308 e. The van der Waals surface area contributed by atoms with E-state index < -0.39 is 0 Å². The summed E-state index contributed by atoms with van der Waals surface area (Å²) in [6.07, 6.45) is 7.46. The van der Waals surface area contributed by atoms with Gasteiger partial charge in [0.1, 0.15) is 11.5 Å². The summed E-state index contributed by atoms with van der Waals surface area (Å²) in [4.78, 5) is 22.7. The molecule has 0 saturated heterocycles. The van der Waals surface area contributed by atoms with Gasteiger partial charge in [0.25, 0.3) is 0 Å². The van der Waals surface area contributed by atoms with Crippen molar-refractivity contribution in [2.75, 3.05) is 0 Å². The number of carbonyl (C=O) groups excluding carboxylic acids is 2. The Bertz CT molecular complexity index is 793. The largest absolute Gasteiger partial charge is 0.431 e. The van der Waals surface area contributed by atoms with E-state index >= 15 is 0 Å². The topological polar surface area (TPSA) is 52.6 Å². The third-order valence-electron chi connectivity index (χ3n) is 6.72. The molecular weight excluding hydrogens is 328 g/mol. The van der Waals surface area contributed by atoms with E-state index in [2.05, 4.69) is 19.1 Å². The van der Waals surface area contributed by atoms with Crippen LogP contribution in [0.15, 0.2) is 30.0 Å². The molecule has 0 radical (unpaired) electrons. The highest BCUT2D eigenvalue weighted by Gasteiger charge is 2.53. The zero-order valence-electron chi connectivity index (χ0n) is 15.7. The first kappa shape index (κ1) is 17.3. The van der Waals surface area contributed by atoms with E-state index in [-0.39, 0.29) is 17.4 Å². The van der Waals surface area contributed by atoms with E-state index in [1.54, 1.807) is 0 Å². The van der Waals surface area contributed by atoms with Crippen LogP contribution in [-0.4, -0.2) is 11.9 Å². The summed E-state index contributed by atoms with van der Waals surface area (Å²) in [6.45, 7) is 5.20. The van der Waals surface area contributed by atoms with Crippen LogP contribution in [0.5, 0.6) is 5.75 Å². The van der Waals surface area contributed by atoms with Crippen LogP contribution in [0.25, 0.3) is 0 Å². The Hall–Kier alpha value is -2.10. The predicted molar refractivity (Wildman–Crippen MR) is 97.6 cm³/mol. The van der Waals surface area contributed by atoms with Gasteiger partial charge < -0.3 is 9.47 Å². The van der Waals surface area contributed by atoms with Crippen molar-refractivity contribution >= 4 is 11.9 Å². The first-order valence-electron chi connectivity index (χ1n) is 9.59. The van der Waals surface area contributed by atoms with Gasteiger partial charge in [0.15, 0.2) is 0 Å². The minimum absolute atomic E-state index is 0.0119. The number of aryl methyl sites for hydroxylation is 1. The van der Waals surface area contributed by atoms with Crippen molar-refractivity contribution in [2.24, 2.45) is 17.3 Å². The van der Waals surface area contributed by atoms with Gasteiger partial charge in [-0.15, -0.1) is 0 Å². The van der Waals surface area contributed by atoms with E-state index in [1.807, 2.05) is 12.1 Å². The lowest BCUT2D eigenvalue weighted by atomic mass is 9.55. The van der Waals surface area contributed by atoms with Gasteiger partial charge >= 0.3 is 11.9 Å². The number of hydrogen-bond acceptors (Lipinski definition) is 4. The summed E-state index contributed by atoms with van der Waals surface area (Å²) in [7, 11) is 0. The molecule has 4 rings (SSSR count). The Morgan fingerprint density at radius 2 is 1.88 bits per heavy atom. The maximum Gasteiger partial charge on any atom is 0.308 e. The first-order valence-corrected chi connectivity index (χ1v) is 9.59. The van der Waals surface area contributed by atoms with Crippen molar-refractivity contribution < 1.29 is 19.1 Å². The molecule has 0 heterocycles. The molecule has 1 aromatic rings. The molecule has 4 heteroatoms. The Labute approximate surface area is 154 Å². The molecule has 4 unspecified atom stereocenters. The summed E-state index contributed by atoms with van der Waals surface area (Å²) >= 11 is 0. The van der Waals surface area contributed by atoms with E-state index in [4.69, 9.17) is 9.47 Å². The Morgan fingerprint density at radius 3 is 2.62 bits per heavy atom. The fraction of sp³-hybridized carbons (Fsp3) is 0.545. The maximum atomic E-state index is 11.5. The van der Waals surface area contributed by atoms with Gasteiger partial charge in [0.05, 0.1) is 0 Å². The fourth-order valence-corrected chi connectivity index (χ4v) is 5.63. The van der Waals surface area contributed by atoms with Gasteiger partial charge in [-0.2, -0.15) is 0 Å². The van der Waals surface area contributed by atoms with Gasteiger partial charge in [-0.25, -0.2) is 0 Å². The Morgan fingerprint density at radius 1 is 1.12 bits per heavy atom. The molecule has 4 atom stereocenters. The Balaban J connectivity index is 1.59. The standard InChI is InChI=1S/C22H26O4/c1-13(23)25-16-5-7-17-15(12-16)4-6-19-18(17)10-11-22(3)20(19)8-9-21(22)26-14(2)24/h5,7,9,12,18-20H,4,6,8,10-11H2,1-3H3. The third kappa shape index (κ3) is 2.76. The van der Waals surface area contributed by atoms with Crippen LogP contribution in [0.4, 0.5) is 0 Å². The van der Waals surface area contributed by atoms with Gasteiger partial charge in [-0.05, 0) is 79.2 Å². The lowest BCUT2D eigenvalue weighted by molar-refractivity contribution is -0.139. The monoisotopic (exact) mass is 354 g/mol. The van der Waals surface area contributed by atoms with Crippen LogP contribution < -0.4 is 4.74 Å². The van der Waals surface area contributed by atoms with Crippen molar-refractivity contribution in [3.63, 3.8) is 0 Å². The number of hydrogen-bond donors (Lipinski definition) is 0. The minimum Gasteiger partial charge on any atom is -0.431 e. The van der Waals surface area contributed by atoms with Crippen molar-refractivity contribution in [3.8, 4) is 5.75 Å². The van der Waals surface area contributed by atoms with E-state index in [0.717, 1.165) is 37.9 Å². The average Bonchev–Trinajstić information content (AvgIpc) is 2.90. The summed E-state index contributed by atoms with van der Waals surface area (Å²) in [5, 5.41) is 0. The van der Waals surface area contributed by atoms with E-state index in [9.17, 15) is 9.59 Å². The highest BCUT2D eigenvalue weighted by atomic mass is 16.5. The van der Waals surface area contributed by atoms with Crippen LogP contribution in [-0.2, 0) is 20.7 Å². The minimum atomic E-state index is -0.276. The van der Waals surface area contributed by atoms with Crippen LogP contribution in [0.3, 0.4) is 0 Å². The molecule has 1 fully saturated rings. The number of allylic oxidation sites excluding steroid dienone is 2. The molecular formula is C22H26O4. The molecule has 0 aliphatic heterocycles. The summed E-state index contributed by atoms with van der Waals surface area (Å²) < 4.78 is 10.8. The number of esters is 2. The zero-order valence-corrected chi connectivity index (χ0v) is 15.7. The SMILES string of the molecule is CC(=O)OC1=CCC2C3CCc4cc(OC(C)=O)ccc4C3CCC12C. The van der Waals surface area contributed by atoms with Gasteiger partial charge in [0.2, 0.25) is 0 Å². The number of fused-ring (bicyclic) bond motifs is 5. The maximum absolute atomic E-state index is 11.5. The van der Waals surface area contributed by atoms with Gasteiger partial charge in [0, 0.05) is 19.3 Å². The third-order valence-corrected chi connectivity index (χ3v) is 6.72. The molecule has 3 aliphatic carbocycles. The second kappa shape index (κ2) is 6.26. The second-order valence-electron chi connectivity index (χ2n) is 8.22. The normalized spacial score (nSPS) is 32.0. The highest BCUT2D eigenvalue weighted by molar-refractivity contribution is 5.69. The molecule has 0 bridgehead atoms. The van der Waals surface area contributed by atoms with Crippen LogP contribution in [0.1, 0.15) is 63.5 Å². The summed E-state index contributed by atoms with van der Waals surface area (Å²) in [5.74, 6) is 2.75. The lowest BCUT2D eigenvalue weighted by Crippen LogP contribution is -2.41. The summed E-state index contributed by atoms with van der Waals surface area (Å²) in [5.41, 5.74) is 2.72. The number of rotatable bonds is 2. The highest BCUT2D eigenvalue weighted by Crippen LogP contribution is 2.61. The molecule has 1 aromatic carbocycles. The number of ether oxygens (including phenoxy) is 2. The van der Waals surface area contributed by atoms with Crippen molar-refractivity contribution in [1.82, 2.24) is 0 Å². The van der Waals surface area contributed by atoms with Crippen molar-refractivity contribution in [2.45, 2.75) is 58.8 Å². The molecule has 138 valence electrons. The second-order valence-corrected chi connectivity index (χ2v) is 8.22. The molecule has 0 spiro atoms. The van der Waals surface area contributed by atoms with Gasteiger partial charge in [-0.3, -0.25) is 9.59 Å². The van der Waals surface area contributed by atoms with Crippen LogP contribution >= 0.6 is 0 Å². The fourth-order valence-electron chi connectivity index (χ4n) is 5.63. The molecule has 0 N–H and O–H groups in total. The molecule has 0 amide bonds. The van der Waals surface area contributed by atoms with Crippen molar-refractivity contribution in [1.29, 1.82) is 0 Å². The van der Waals surface area contributed by atoms with Crippen LogP contribution in [0.2, 0.25) is 0 Å². The molecule has 26 heavy (non-hydrogen) atoms. The predicted octanol–water partition coefficient (Wildman–Crippen LogP) is 4.52. The quantitative estimate of drug-likeness (QED) is 0.578. The first-order chi connectivity index (χ1) is 12.4. The number of benzene rings is 1. The summed E-state index contributed by atoms with van der Waals surface area (Å²) in [6, 6.07) is 6.12. The Kier molecular flexibility index (Phi) is 4.17. The van der Waals surface area contributed by atoms with E-state index in [0.29, 0.717) is 23.5 Å². The van der Waals surface area contributed by atoms with Crippen LogP contribution in [0, 0.1) is 17.3 Å². The number of carbonyl (C=O) groups is 2. The lowest BCUT2D eigenvalue weighted by Gasteiger charge is -2.49. The van der Waals surface area contributed by atoms with E-state index in [1.165, 1.54) is 25.0 Å². The molecule has 1 saturated carbocycles. The molecule has 0 aromatic heterocycles.